The first-order valence-corrected chi connectivity index (χ1v) is 7.89. The third-order valence-electron chi connectivity index (χ3n) is 3.62. The lowest BCUT2D eigenvalue weighted by Crippen LogP contribution is -2.30. The van der Waals surface area contributed by atoms with Crippen molar-refractivity contribution in [3.63, 3.8) is 0 Å². The van der Waals surface area contributed by atoms with E-state index in [4.69, 9.17) is 10.3 Å². The largest absolute Gasteiger partial charge is 0.359 e. The number of rotatable bonds is 3. The molecule has 1 aliphatic rings. The number of aromatic nitrogens is 2. The molecule has 1 fully saturated rings. The molecule has 2 atom stereocenters. The molecule has 0 aliphatic carbocycles. The Bertz CT molecular complexity index is 649. The van der Waals surface area contributed by atoms with Crippen LogP contribution in [0.1, 0.15) is 58.8 Å². The Labute approximate surface area is 126 Å². The molecule has 6 nitrogen and oxygen atoms in total. The van der Waals surface area contributed by atoms with Gasteiger partial charge in [0.25, 0.3) is 5.91 Å². The van der Waals surface area contributed by atoms with Crippen molar-refractivity contribution in [3.05, 3.63) is 33.6 Å². The predicted molar refractivity (Wildman–Crippen MR) is 79.0 cm³/mol. The quantitative estimate of drug-likeness (QED) is 0.941. The van der Waals surface area contributed by atoms with E-state index in [0.29, 0.717) is 12.2 Å². The summed E-state index contributed by atoms with van der Waals surface area (Å²) in [5.41, 5.74) is 7.10. The third-order valence-corrected chi connectivity index (χ3v) is 4.66. The number of nitrogens with two attached hydrogens (primary N) is 1. The number of hydrogen-bond acceptors (Lipinski definition) is 6. The highest BCUT2D eigenvalue weighted by Gasteiger charge is 2.34. The maximum Gasteiger partial charge on any atom is 0.273 e. The Morgan fingerprint density at radius 1 is 1.62 bits per heavy atom. The van der Waals surface area contributed by atoms with Crippen molar-refractivity contribution in [1.29, 1.82) is 0 Å². The molecule has 1 aliphatic heterocycles. The van der Waals surface area contributed by atoms with Gasteiger partial charge in [-0.2, -0.15) is 0 Å². The number of thiazole rings is 1. The molecule has 2 N–H and O–H groups in total. The van der Waals surface area contributed by atoms with Gasteiger partial charge in [-0.1, -0.05) is 5.16 Å². The Kier molecular flexibility index (Phi) is 3.77. The molecule has 21 heavy (non-hydrogen) atoms. The number of nitrogens with zero attached hydrogens (tertiary/aromatic N) is 3. The Balaban J connectivity index is 1.82. The van der Waals surface area contributed by atoms with Crippen molar-refractivity contribution in [2.24, 2.45) is 5.73 Å². The number of carbonyl (C=O) groups excluding carboxylic acids is 1. The molecule has 0 spiro atoms. The highest BCUT2D eigenvalue weighted by Crippen LogP contribution is 2.33. The first kappa shape index (κ1) is 14.2. The molecule has 0 saturated carbocycles. The van der Waals surface area contributed by atoms with Crippen LogP contribution in [0.5, 0.6) is 0 Å². The summed E-state index contributed by atoms with van der Waals surface area (Å²) in [6.45, 7) is 4.46. The maximum absolute atomic E-state index is 12.6. The van der Waals surface area contributed by atoms with Gasteiger partial charge in [0.05, 0.1) is 17.8 Å². The van der Waals surface area contributed by atoms with E-state index >= 15 is 0 Å². The van der Waals surface area contributed by atoms with Crippen LogP contribution in [0.2, 0.25) is 0 Å². The Morgan fingerprint density at radius 2 is 2.43 bits per heavy atom. The molecular weight excluding hydrogens is 288 g/mol. The Morgan fingerprint density at radius 3 is 3.05 bits per heavy atom. The van der Waals surface area contributed by atoms with Crippen LogP contribution in [0, 0.1) is 6.92 Å². The van der Waals surface area contributed by atoms with Gasteiger partial charge in [0.15, 0.2) is 5.76 Å². The molecule has 0 radical (unpaired) electrons. The first-order valence-electron chi connectivity index (χ1n) is 7.01. The molecule has 0 aromatic carbocycles. The topological polar surface area (TPSA) is 85.2 Å². The molecule has 7 heteroatoms. The fourth-order valence-electron chi connectivity index (χ4n) is 2.59. The van der Waals surface area contributed by atoms with E-state index in [1.807, 2.05) is 24.8 Å². The van der Waals surface area contributed by atoms with Gasteiger partial charge >= 0.3 is 0 Å². The summed E-state index contributed by atoms with van der Waals surface area (Å²) in [7, 11) is 0. The van der Waals surface area contributed by atoms with Crippen LogP contribution >= 0.6 is 11.3 Å². The van der Waals surface area contributed by atoms with Crippen LogP contribution in [-0.2, 0) is 0 Å². The van der Waals surface area contributed by atoms with Crippen molar-refractivity contribution in [1.82, 2.24) is 15.0 Å². The molecule has 2 aromatic rings. The van der Waals surface area contributed by atoms with Gasteiger partial charge in [0, 0.05) is 18.0 Å². The predicted octanol–water partition coefficient (Wildman–Crippen LogP) is 2.44. The average molecular weight is 306 g/mol. The zero-order valence-corrected chi connectivity index (χ0v) is 12.9. The van der Waals surface area contributed by atoms with E-state index in [2.05, 4.69) is 10.1 Å². The summed E-state index contributed by atoms with van der Waals surface area (Å²) in [4.78, 5) is 18.8. The van der Waals surface area contributed by atoms with Crippen LogP contribution < -0.4 is 5.73 Å². The van der Waals surface area contributed by atoms with Crippen LogP contribution in [0.15, 0.2) is 16.0 Å². The molecule has 1 amide bonds. The number of hydrogen-bond donors (Lipinski definition) is 1. The minimum absolute atomic E-state index is 0.0425. The van der Waals surface area contributed by atoms with E-state index in [1.54, 1.807) is 5.38 Å². The number of aryl methyl sites for hydroxylation is 1. The molecule has 3 heterocycles. The highest BCUT2D eigenvalue weighted by atomic mass is 32.1. The van der Waals surface area contributed by atoms with Crippen LogP contribution in [0.3, 0.4) is 0 Å². The lowest BCUT2D eigenvalue weighted by molar-refractivity contribution is 0.0709. The van der Waals surface area contributed by atoms with E-state index in [-0.39, 0.29) is 18.0 Å². The van der Waals surface area contributed by atoms with Crippen LogP contribution in [-0.4, -0.2) is 27.5 Å². The summed E-state index contributed by atoms with van der Waals surface area (Å²) in [6, 6.07) is 1.70. The fraction of sp³-hybridized carbons (Fsp3) is 0.500. The maximum atomic E-state index is 12.6. The molecule has 2 unspecified atom stereocenters. The van der Waals surface area contributed by atoms with Crippen LogP contribution in [0.25, 0.3) is 0 Å². The SMILES string of the molecule is Cc1cc(C2CCCN2C(=O)c2csc(C(C)N)n2)on1. The molecular formula is C14H18N4O2S. The van der Waals surface area contributed by atoms with E-state index < -0.39 is 0 Å². The van der Waals surface area contributed by atoms with Gasteiger partial charge < -0.3 is 15.2 Å². The third kappa shape index (κ3) is 2.71. The normalized spacial score (nSPS) is 20.0. The van der Waals surface area contributed by atoms with Crippen LogP contribution in [0.4, 0.5) is 0 Å². The number of amides is 1. The second kappa shape index (κ2) is 5.57. The van der Waals surface area contributed by atoms with Gasteiger partial charge in [0.1, 0.15) is 10.7 Å². The van der Waals surface area contributed by atoms with Crippen molar-refractivity contribution < 1.29 is 9.32 Å². The van der Waals surface area contributed by atoms with Crippen molar-refractivity contribution >= 4 is 17.2 Å². The lowest BCUT2D eigenvalue weighted by atomic mass is 10.1. The zero-order chi connectivity index (χ0) is 15.0. The standard InChI is InChI=1S/C14H18N4O2S/c1-8-6-12(20-17-8)11-4-3-5-18(11)14(19)10-7-21-13(16-10)9(2)15/h6-7,9,11H,3-5,15H2,1-2H3. The van der Waals surface area contributed by atoms with E-state index in [9.17, 15) is 4.79 Å². The fourth-order valence-corrected chi connectivity index (χ4v) is 3.34. The van der Waals surface area contributed by atoms with Crippen molar-refractivity contribution in [2.45, 2.75) is 38.8 Å². The summed E-state index contributed by atoms with van der Waals surface area (Å²) >= 11 is 1.43. The second-order valence-corrected chi connectivity index (χ2v) is 6.28. The van der Waals surface area contributed by atoms with Gasteiger partial charge in [-0.3, -0.25) is 4.79 Å². The summed E-state index contributed by atoms with van der Waals surface area (Å²) in [6.07, 6.45) is 1.85. The minimum atomic E-state index is -0.150. The smallest absolute Gasteiger partial charge is 0.273 e. The highest BCUT2D eigenvalue weighted by molar-refractivity contribution is 7.09. The summed E-state index contributed by atoms with van der Waals surface area (Å²) in [5.74, 6) is 0.690. The zero-order valence-electron chi connectivity index (χ0n) is 12.1. The number of carbonyl (C=O) groups is 1. The van der Waals surface area contributed by atoms with Gasteiger partial charge in [-0.15, -0.1) is 11.3 Å². The first-order chi connectivity index (χ1) is 10.1. The second-order valence-electron chi connectivity index (χ2n) is 5.39. The van der Waals surface area contributed by atoms with Gasteiger partial charge in [-0.05, 0) is 26.7 Å². The van der Waals surface area contributed by atoms with E-state index in [0.717, 1.165) is 29.3 Å². The summed E-state index contributed by atoms with van der Waals surface area (Å²) in [5, 5.41) is 6.47. The monoisotopic (exact) mass is 306 g/mol. The van der Waals surface area contributed by atoms with Gasteiger partial charge in [0.2, 0.25) is 0 Å². The number of likely N-dealkylation sites (tertiary alicyclic amines) is 1. The average Bonchev–Trinajstić information content (AvgIpc) is 3.17. The lowest BCUT2D eigenvalue weighted by Gasteiger charge is -2.21. The van der Waals surface area contributed by atoms with Crippen molar-refractivity contribution in [3.8, 4) is 0 Å². The summed E-state index contributed by atoms with van der Waals surface area (Å²) < 4.78 is 5.33. The molecule has 1 saturated heterocycles. The molecule has 0 bridgehead atoms. The minimum Gasteiger partial charge on any atom is -0.359 e. The van der Waals surface area contributed by atoms with Gasteiger partial charge in [-0.25, -0.2) is 4.98 Å². The molecule has 3 rings (SSSR count). The molecule has 2 aromatic heterocycles. The molecule has 112 valence electrons. The van der Waals surface area contributed by atoms with E-state index in [1.165, 1.54) is 11.3 Å². The van der Waals surface area contributed by atoms with Crippen molar-refractivity contribution in [2.75, 3.05) is 6.54 Å². The Hall–Kier alpha value is -1.73.